The number of aliphatic hydroxyl groups excluding tert-OH is 1. The largest absolute Gasteiger partial charge is 0.496 e. The minimum absolute atomic E-state index is 0.0414. The molecule has 0 saturated carbocycles. The van der Waals surface area contributed by atoms with E-state index in [2.05, 4.69) is 4.98 Å². The van der Waals surface area contributed by atoms with Crippen molar-refractivity contribution >= 4 is 0 Å². The SMILES string of the molecule is COc1cc2c(cc1-c1nccn1C(CO)c1ccccc1)OCCO2. The molecule has 6 heteroatoms. The maximum Gasteiger partial charge on any atom is 0.165 e. The van der Waals surface area contributed by atoms with Gasteiger partial charge in [-0.15, -0.1) is 0 Å². The monoisotopic (exact) mass is 352 g/mol. The van der Waals surface area contributed by atoms with Crippen molar-refractivity contribution in [3.05, 3.63) is 60.4 Å². The predicted octanol–water partition coefficient (Wildman–Crippen LogP) is 2.91. The Morgan fingerprint density at radius 1 is 1.15 bits per heavy atom. The van der Waals surface area contributed by atoms with Crippen LogP contribution in [0.5, 0.6) is 17.2 Å². The number of rotatable bonds is 5. The Hall–Kier alpha value is -2.99. The van der Waals surface area contributed by atoms with Crippen LogP contribution < -0.4 is 14.2 Å². The maximum atomic E-state index is 10.0. The number of hydrogen-bond donors (Lipinski definition) is 1. The number of methoxy groups -OCH3 is 1. The van der Waals surface area contributed by atoms with E-state index in [1.807, 2.05) is 53.2 Å². The number of fused-ring (bicyclic) bond motifs is 1. The highest BCUT2D eigenvalue weighted by Crippen LogP contribution is 2.41. The van der Waals surface area contributed by atoms with Crippen LogP contribution in [0.3, 0.4) is 0 Å². The molecule has 1 aliphatic rings. The highest BCUT2D eigenvalue weighted by Gasteiger charge is 2.23. The van der Waals surface area contributed by atoms with E-state index < -0.39 is 0 Å². The fraction of sp³-hybridized carbons (Fsp3) is 0.250. The molecule has 1 atom stereocenters. The minimum Gasteiger partial charge on any atom is -0.496 e. The molecule has 2 aromatic carbocycles. The average molecular weight is 352 g/mol. The van der Waals surface area contributed by atoms with E-state index in [1.165, 1.54) is 0 Å². The van der Waals surface area contributed by atoms with Gasteiger partial charge in [-0.1, -0.05) is 30.3 Å². The molecular weight excluding hydrogens is 332 g/mol. The van der Waals surface area contributed by atoms with E-state index in [0.29, 0.717) is 36.3 Å². The summed E-state index contributed by atoms with van der Waals surface area (Å²) in [5.41, 5.74) is 1.79. The molecular formula is C20H20N2O4. The second-order valence-electron chi connectivity index (χ2n) is 5.96. The second-order valence-corrected chi connectivity index (χ2v) is 5.96. The van der Waals surface area contributed by atoms with Crippen LogP contribution in [0.25, 0.3) is 11.4 Å². The van der Waals surface area contributed by atoms with E-state index in [1.54, 1.807) is 13.3 Å². The molecule has 0 fully saturated rings. The van der Waals surface area contributed by atoms with E-state index >= 15 is 0 Å². The standard InChI is InChI=1S/C20H20N2O4/c1-24-17-12-19-18(25-9-10-26-19)11-15(17)20-21-7-8-22(20)16(13-23)14-5-3-2-4-6-14/h2-8,11-12,16,23H,9-10,13H2,1H3. The van der Waals surface area contributed by atoms with Gasteiger partial charge in [-0.25, -0.2) is 4.98 Å². The molecule has 0 spiro atoms. The lowest BCUT2D eigenvalue weighted by atomic mass is 10.1. The fourth-order valence-electron chi connectivity index (χ4n) is 3.22. The predicted molar refractivity (Wildman–Crippen MR) is 96.9 cm³/mol. The summed E-state index contributed by atoms with van der Waals surface area (Å²) in [7, 11) is 1.61. The van der Waals surface area contributed by atoms with Crippen molar-refractivity contribution in [2.75, 3.05) is 26.9 Å². The van der Waals surface area contributed by atoms with E-state index in [0.717, 1.165) is 11.1 Å². The van der Waals surface area contributed by atoms with Crippen molar-refractivity contribution in [2.45, 2.75) is 6.04 Å². The van der Waals surface area contributed by atoms with Gasteiger partial charge in [-0.2, -0.15) is 0 Å². The Bertz CT molecular complexity index is 892. The number of nitrogens with zero attached hydrogens (tertiary/aromatic N) is 2. The molecule has 0 amide bonds. The van der Waals surface area contributed by atoms with E-state index in [-0.39, 0.29) is 12.6 Å². The minimum atomic E-state index is -0.244. The van der Waals surface area contributed by atoms with Crippen LogP contribution in [0.15, 0.2) is 54.9 Å². The molecule has 134 valence electrons. The number of aliphatic hydroxyl groups is 1. The van der Waals surface area contributed by atoms with Crippen LogP contribution >= 0.6 is 0 Å². The molecule has 3 aromatic rings. The van der Waals surface area contributed by atoms with Gasteiger partial charge in [0.1, 0.15) is 24.8 Å². The molecule has 0 aliphatic carbocycles. The molecule has 1 aromatic heterocycles. The molecule has 26 heavy (non-hydrogen) atoms. The van der Waals surface area contributed by atoms with Crippen molar-refractivity contribution in [1.29, 1.82) is 0 Å². The maximum absolute atomic E-state index is 10.0. The lowest BCUT2D eigenvalue weighted by molar-refractivity contribution is 0.171. The first-order valence-corrected chi connectivity index (χ1v) is 8.48. The molecule has 1 unspecified atom stereocenters. The Balaban J connectivity index is 1.82. The van der Waals surface area contributed by atoms with Crippen LogP contribution in [0.1, 0.15) is 11.6 Å². The van der Waals surface area contributed by atoms with Crippen LogP contribution in [-0.2, 0) is 0 Å². The molecule has 0 radical (unpaired) electrons. The first-order valence-electron chi connectivity index (χ1n) is 8.48. The zero-order valence-electron chi connectivity index (χ0n) is 14.5. The first-order chi connectivity index (χ1) is 12.8. The fourth-order valence-corrected chi connectivity index (χ4v) is 3.22. The van der Waals surface area contributed by atoms with Gasteiger partial charge in [-0.3, -0.25) is 0 Å². The lowest BCUT2D eigenvalue weighted by Crippen LogP contribution is -2.17. The van der Waals surface area contributed by atoms with Gasteiger partial charge in [0.25, 0.3) is 0 Å². The molecule has 6 nitrogen and oxygen atoms in total. The Kier molecular flexibility index (Phi) is 4.50. The lowest BCUT2D eigenvalue weighted by Gasteiger charge is -2.23. The molecule has 0 saturated heterocycles. The topological polar surface area (TPSA) is 65.7 Å². The number of aromatic nitrogens is 2. The summed E-state index contributed by atoms with van der Waals surface area (Å²) >= 11 is 0. The third-order valence-corrected chi connectivity index (χ3v) is 4.47. The quantitative estimate of drug-likeness (QED) is 0.765. The zero-order chi connectivity index (χ0) is 17.9. The third kappa shape index (κ3) is 2.88. The van der Waals surface area contributed by atoms with Gasteiger partial charge < -0.3 is 23.9 Å². The normalized spacial score (nSPS) is 14.1. The van der Waals surface area contributed by atoms with Gasteiger partial charge >= 0.3 is 0 Å². The Morgan fingerprint density at radius 3 is 2.58 bits per heavy atom. The Labute approximate surface area is 151 Å². The summed E-state index contributed by atoms with van der Waals surface area (Å²) in [6, 6.07) is 13.3. The summed E-state index contributed by atoms with van der Waals surface area (Å²) in [5.74, 6) is 2.67. The van der Waals surface area contributed by atoms with E-state index in [9.17, 15) is 5.11 Å². The van der Waals surface area contributed by atoms with Gasteiger partial charge in [0.05, 0.1) is 25.3 Å². The highest BCUT2D eigenvalue weighted by atomic mass is 16.6. The Morgan fingerprint density at radius 2 is 1.88 bits per heavy atom. The van der Waals surface area contributed by atoms with Crippen LogP contribution in [-0.4, -0.2) is 41.6 Å². The van der Waals surface area contributed by atoms with Crippen LogP contribution in [0.4, 0.5) is 0 Å². The summed E-state index contributed by atoms with van der Waals surface area (Å²) in [6.07, 6.45) is 3.58. The van der Waals surface area contributed by atoms with Gasteiger partial charge in [0.2, 0.25) is 0 Å². The second kappa shape index (κ2) is 7.09. The summed E-state index contributed by atoms with van der Waals surface area (Å²) in [5, 5.41) is 10.0. The number of imidazole rings is 1. The summed E-state index contributed by atoms with van der Waals surface area (Å²) in [4.78, 5) is 4.51. The highest BCUT2D eigenvalue weighted by molar-refractivity contribution is 5.70. The molecule has 0 bridgehead atoms. The van der Waals surface area contributed by atoms with Gasteiger partial charge in [0, 0.05) is 18.5 Å². The van der Waals surface area contributed by atoms with Crippen molar-refractivity contribution in [3.63, 3.8) is 0 Å². The first kappa shape index (κ1) is 16.5. The van der Waals surface area contributed by atoms with Crippen molar-refractivity contribution in [3.8, 4) is 28.6 Å². The van der Waals surface area contributed by atoms with Crippen molar-refractivity contribution < 1.29 is 19.3 Å². The van der Waals surface area contributed by atoms with Crippen LogP contribution in [0.2, 0.25) is 0 Å². The van der Waals surface area contributed by atoms with Gasteiger partial charge in [-0.05, 0) is 11.6 Å². The molecule has 1 N–H and O–H groups in total. The van der Waals surface area contributed by atoms with Crippen molar-refractivity contribution in [1.82, 2.24) is 9.55 Å². The van der Waals surface area contributed by atoms with Gasteiger partial charge in [0.15, 0.2) is 11.5 Å². The van der Waals surface area contributed by atoms with Crippen LogP contribution in [0, 0.1) is 0 Å². The molecule has 1 aliphatic heterocycles. The molecule has 4 rings (SSSR count). The number of ether oxygens (including phenoxy) is 3. The average Bonchev–Trinajstić information content (AvgIpc) is 3.17. The summed E-state index contributed by atoms with van der Waals surface area (Å²) in [6.45, 7) is 0.988. The van der Waals surface area contributed by atoms with E-state index in [4.69, 9.17) is 14.2 Å². The van der Waals surface area contributed by atoms with Crippen molar-refractivity contribution in [2.24, 2.45) is 0 Å². The summed E-state index contributed by atoms with van der Waals surface area (Å²) < 4.78 is 18.8. The zero-order valence-corrected chi connectivity index (χ0v) is 14.5. The number of benzene rings is 2. The third-order valence-electron chi connectivity index (χ3n) is 4.47. The number of hydrogen-bond acceptors (Lipinski definition) is 5. The smallest absolute Gasteiger partial charge is 0.165 e. The molecule has 2 heterocycles.